The number of nitro groups is 1. The van der Waals surface area contributed by atoms with E-state index < -0.39 is 26.2 Å². The summed E-state index contributed by atoms with van der Waals surface area (Å²) in [5.74, 6) is 0. The highest BCUT2D eigenvalue weighted by Gasteiger charge is 2.41. The molecule has 0 atom stereocenters. The lowest BCUT2D eigenvalue weighted by molar-refractivity contribution is -0.386. The first-order chi connectivity index (χ1) is 9.31. The quantitative estimate of drug-likeness (QED) is 0.488. The third-order valence-electron chi connectivity index (χ3n) is 3.84. The Morgan fingerprint density at radius 1 is 1.45 bits per heavy atom. The minimum Gasteiger partial charge on any atom is -0.393 e. The molecule has 8 heteroatoms. The van der Waals surface area contributed by atoms with Gasteiger partial charge in [-0.1, -0.05) is 13.0 Å². The van der Waals surface area contributed by atoms with Crippen LogP contribution in [0.1, 0.15) is 32.6 Å². The van der Waals surface area contributed by atoms with Crippen molar-refractivity contribution in [1.29, 1.82) is 0 Å². The van der Waals surface area contributed by atoms with Crippen molar-refractivity contribution in [2.45, 2.75) is 43.0 Å². The number of anilines is 1. The molecular formula is C12H17N3O4S. The molecule has 1 aliphatic carbocycles. The Labute approximate surface area is 117 Å². The average molecular weight is 299 g/mol. The van der Waals surface area contributed by atoms with Gasteiger partial charge in [0, 0.05) is 5.54 Å². The Hall–Kier alpha value is -1.67. The van der Waals surface area contributed by atoms with Crippen LogP contribution in [0.4, 0.5) is 11.4 Å². The van der Waals surface area contributed by atoms with E-state index in [1.807, 2.05) is 6.92 Å². The van der Waals surface area contributed by atoms with Crippen LogP contribution in [0, 0.1) is 10.1 Å². The largest absolute Gasteiger partial charge is 0.393 e. The number of nitro benzene ring substituents is 1. The van der Waals surface area contributed by atoms with E-state index in [9.17, 15) is 18.5 Å². The molecule has 0 aromatic heterocycles. The molecule has 1 aromatic carbocycles. The molecule has 1 fully saturated rings. The molecule has 20 heavy (non-hydrogen) atoms. The van der Waals surface area contributed by atoms with Gasteiger partial charge in [0.1, 0.15) is 5.69 Å². The lowest BCUT2D eigenvalue weighted by atomic mass is 9.76. The summed E-state index contributed by atoms with van der Waals surface area (Å²) in [5, 5.41) is 11.0. The lowest BCUT2D eigenvalue weighted by Gasteiger charge is -2.41. The van der Waals surface area contributed by atoms with Gasteiger partial charge in [-0.05, 0) is 37.8 Å². The van der Waals surface area contributed by atoms with Crippen LogP contribution in [0.5, 0.6) is 0 Å². The molecule has 0 amide bonds. The van der Waals surface area contributed by atoms with Crippen LogP contribution in [0.25, 0.3) is 0 Å². The summed E-state index contributed by atoms with van der Waals surface area (Å²) in [6.45, 7) is 1.90. The molecule has 2 rings (SSSR count). The van der Waals surface area contributed by atoms with Crippen LogP contribution in [0.15, 0.2) is 23.1 Å². The molecule has 0 unspecified atom stereocenters. The fraction of sp³-hybridized carbons (Fsp3) is 0.500. The zero-order chi connectivity index (χ0) is 15.0. The Morgan fingerprint density at radius 3 is 2.55 bits per heavy atom. The zero-order valence-corrected chi connectivity index (χ0v) is 11.9. The van der Waals surface area contributed by atoms with Gasteiger partial charge in [0.15, 0.2) is 4.90 Å². The van der Waals surface area contributed by atoms with Crippen molar-refractivity contribution >= 4 is 21.4 Å². The maximum atomic E-state index is 12.4. The number of rotatable bonds is 5. The summed E-state index contributed by atoms with van der Waals surface area (Å²) in [5.41, 5.74) is 4.33. The van der Waals surface area contributed by atoms with Gasteiger partial charge in [-0.2, -0.15) is 0 Å². The standard InChI is InChI=1S/C12H17N3O4S/c1-2-12(7-4-8-12)14-20(18,19)10-6-3-5-9(13)11(10)15(16)17/h3,5-6,14H,2,4,7-8,13H2,1H3. The molecule has 1 aliphatic rings. The molecule has 0 heterocycles. The Morgan fingerprint density at radius 2 is 2.10 bits per heavy atom. The molecular weight excluding hydrogens is 282 g/mol. The first kappa shape index (κ1) is 14.7. The number of benzene rings is 1. The first-order valence-corrected chi connectivity index (χ1v) is 7.86. The van der Waals surface area contributed by atoms with E-state index in [2.05, 4.69) is 4.72 Å². The van der Waals surface area contributed by atoms with E-state index in [-0.39, 0.29) is 10.6 Å². The molecule has 7 nitrogen and oxygen atoms in total. The van der Waals surface area contributed by atoms with Gasteiger partial charge < -0.3 is 5.73 Å². The van der Waals surface area contributed by atoms with Gasteiger partial charge in [-0.3, -0.25) is 10.1 Å². The van der Waals surface area contributed by atoms with Gasteiger partial charge in [0.25, 0.3) is 0 Å². The molecule has 0 radical (unpaired) electrons. The second kappa shape index (κ2) is 5.02. The number of hydrogen-bond donors (Lipinski definition) is 2. The number of para-hydroxylation sites is 1. The molecule has 0 aliphatic heterocycles. The van der Waals surface area contributed by atoms with Crippen molar-refractivity contribution in [2.24, 2.45) is 0 Å². The summed E-state index contributed by atoms with van der Waals surface area (Å²) in [6.07, 6.45) is 3.11. The highest BCUT2D eigenvalue weighted by atomic mass is 32.2. The predicted molar refractivity (Wildman–Crippen MR) is 74.7 cm³/mol. The summed E-state index contributed by atoms with van der Waals surface area (Å²) < 4.78 is 27.4. The number of nitrogens with zero attached hydrogens (tertiary/aromatic N) is 1. The number of nitrogens with two attached hydrogens (primary N) is 1. The number of nitrogen functional groups attached to an aromatic ring is 1. The zero-order valence-electron chi connectivity index (χ0n) is 11.1. The second-order valence-corrected chi connectivity index (χ2v) is 6.69. The monoisotopic (exact) mass is 299 g/mol. The van der Waals surface area contributed by atoms with Crippen LogP contribution < -0.4 is 10.5 Å². The Balaban J connectivity index is 2.45. The highest BCUT2D eigenvalue weighted by Crippen LogP contribution is 2.37. The summed E-state index contributed by atoms with van der Waals surface area (Å²) in [4.78, 5) is 9.91. The average Bonchev–Trinajstić information content (AvgIpc) is 2.33. The third kappa shape index (κ3) is 2.48. The van der Waals surface area contributed by atoms with E-state index in [0.29, 0.717) is 6.42 Å². The fourth-order valence-electron chi connectivity index (χ4n) is 2.42. The molecule has 0 bridgehead atoms. The normalized spacial score (nSPS) is 17.4. The van der Waals surface area contributed by atoms with Crippen LogP contribution in [-0.4, -0.2) is 18.9 Å². The van der Waals surface area contributed by atoms with Crippen LogP contribution in [0.3, 0.4) is 0 Å². The van der Waals surface area contributed by atoms with E-state index in [1.54, 1.807) is 0 Å². The highest BCUT2D eigenvalue weighted by molar-refractivity contribution is 7.89. The van der Waals surface area contributed by atoms with Crippen molar-refractivity contribution in [1.82, 2.24) is 4.72 Å². The number of hydrogen-bond acceptors (Lipinski definition) is 5. The molecule has 110 valence electrons. The summed E-state index contributed by atoms with van der Waals surface area (Å²) >= 11 is 0. The van der Waals surface area contributed by atoms with Gasteiger partial charge in [0.2, 0.25) is 10.0 Å². The Kier molecular flexibility index (Phi) is 3.70. The van der Waals surface area contributed by atoms with E-state index in [0.717, 1.165) is 19.3 Å². The van der Waals surface area contributed by atoms with Crippen LogP contribution in [-0.2, 0) is 10.0 Å². The summed E-state index contributed by atoms with van der Waals surface area (Å²) in [7, 11) is -3.96. The number of sulfonamides is 1. The Bertz CT molecular complexity index is 633. The lowest BCUT2D eigenvalue weighted by Crippen LogP contribution is -2.52. The maximum Gasteiger partial charge on any atom is 0.312 e. The van der Waals surface area contributed by atoms with Crippen LogP contribution in [0.2, 0.25) is 0 Å². The van der Waals surface area contributed by atoms with E-state index >= 15 is 0 Å². The molecule has 0 spiro atoms. The molecule has 1 aromatic rings. The molecule has 0 saturated heterocycles. The minimum atomic E-state index is -3.96. The fourth-order valence-corrected chi connectivity index (χ4v) is 4.16. The topological polar surface area (TPSA) is 115 Å². The van der Waals surface area contributed by atoms with Crippen molar-refractivity contribution in [3.8, 4) is 0 Å². The van der Waals surface area contributed by atoms with Gasteiger partial charge in [-0.15, -0.1) is 0 Å². The predicted octanol–water partition coefficient (Wildman–Crippen LogP) is 1.79. The first-order valence-electron chi connectivity index (χ1n) is 6.38. The van der Waals surface area contributed by atoms with Gasteiger partial charge in [-0.25, -0.2) is 13.1 Å². The number of nitrogens with one attached hydrogen (secondary N) is 1. The maximum absolute atomic E-state index is 12.4. The minimum absolute atomic E-state index is 0.156. The van der Waals surface area contributed by atoms with E-state index in [1.165, 1.54) is 18.2 Å². The van der Waals surface area contributed by atoms with Crippen molar-refractivity contribution in [2.75, 3.05) is 5.73 Å². The molecule has 1 saturated carbocycles. The van der Waals surface area contributed by atoms with E-state index in [4.69, 9.17) is 5.73 Å². The third-order valence-corrected chi connectivity index (χ3v) is 5.45. The smallest absolute Gasteiger partial charge is 0.312 e. The van der Waals surface area contributed by atoms with Crippen LogP contribution >= 0.6 is 0 Å². The van der Waals surface area contributed by atoms with Crippen molar-refractivity contribution < 1.29 is 13.3 Å². The van der Waals surface area contributed by atoms with Gasteiger partial charge >= 0.3 is 5.69 Å². The van der Waals surface area contributed by atoms with Crippen molar-refractivity contribution in [3.05, 3.63) is 28.3 Å². The van der Waals surface area contributed by atoms with Gasteiger partial charge in [0.05, 0.1) is 4.92 Å². The second-order valence-electron chi connectivity index (χ2n) is 5.04. The summed E-state index contributed by atoms with van der Waals surface area (Å²) in [6, 6.07) is 3.92. The van der Waals surface area contributed by atoms with Crippen molar-refractivity contribution in [3.63, 3.8) is 0 Å². The SMILES string of the molecule is CCC1(NS(=O)(=O)c2cccc(N)c2[N+](=O)[O-])CCC1. The molecule has 3 N–H and O–H groups in total.